The van der Waals surface area contributed by atoms with E-state index in [0.29, 0.717) is 49.0 Å². The van der Waals surface area contributed by atoms with E-state index in [-0.39, 0.29) is 24.2 Å². The van der Waals surface area contributed by atoms with Crippen LogP contribution >= 0.6 is 11.8 Å². The highest BCUT2D eigenvalue weighted by Crippen LogP contribution is 2.43. The van der Waals surface area contributed by atoms with Crippen molar-refractivity contribution in [3.63, 3.8) is 0 Å². The van der Waals surface area contributed by atoms with Gasteiger partial charge in [-0.1, -0.05) is 18.2 Å². The molecule has 0 spiro atoms. The largest absolute Gasteiger partial charge is 0.493 e. The topological polar surface area (TPSA) is 88.6 Å². The molecule has 5 rings (SSSR count). The van der Waals surface area contributed by atoms with Crippen LogP contribution in [0.5, 0.6) is 17.2 Å². The molecule has 0 radical (unpaired) electrons. The second-order valence-corrected chi connectivity index (χ2v) is 8.92. The van der Waals surface area contributed by atoms with Crippen LogP contribution in [0.2, 0.25) is 0 Å². The Balaban J connectivity index is 1.23. The van der Waals surface area contributed by atoms with Gasteiger partial charge >= 0.3 is 0 Å². The maximum absolute atomic E-state index is 12.9. The molecule has 3 aliphatic heterocycles. The zero-order valence-electron chi connectivity index (χ0n) is 18.6. The second-order valence-electron chi connectivity index (χ2n) is 7.93. The Morgan fingerprint density at radius 3 is 2.59 bits per heavy atom. The van der Waals surface area contributed by atoms with Crippen molar-refractivity contribution in [1.29, 1.82) is 0 Å². The number of thioether (sulfide) groups is 1. The first-order valence-electron chi connectivity index (χ1n) is 10.8. The van der Waals surface area contributed by atoms with Crippen molar-refractivity contribution in [3.8, 4) is 17.2 Å². The number of amides is 3. The number of carbonyl (C=O) groups is 3. The van der Waals surface area contributed by atoms with Gasteiger partial charge in [-0.2, -0.15) is 0 Å². The minimum absolute atomic E-state index is 0.0907. The van der Waals surface area contributed by atoms with E-state index in [4.69, 9.17) is 14.2 Å². The quantitative estimate of drug-likeness (QED) is 0.603. The summed E-state index contributed by atoms with van der Waals surface area (Å²) >= 11 is 0.816. The van der Waals surface area contributed by atoms with E-state index >= 15 is 0 Å². The van der Waals surface area contributed by atoms with Crippen LogP contribution in [-0.4, -0.2) is 73.5 Å². The molecule has 3 heterocycles. The van der Waals surface area contributed by atoms with E-state index in [1.165, 1.54) is 7.11 Å². The highest BCUT2D eigenvalue weighted by atomic mass is 32.2. The first kappa shape index (κ1) is 22.1. The van der Waals surface area contributed by atoms with Crippen LogP contribution in [-0.2, 0) is 9.59 Å². The summed E-state index contributed by atoms with van der Waals surface area (Å²) in [7, 11) is 1.51. The highest BCUT2D eigenvalue weighted by Gasteiger charge is 2.37. The lowest BCUT2D eigenvalue weighted by atomic mass is 10.1. The predicted octanol–water partition coefficient (Wildman–Crippen LogP) is 2.81. The third-order valence-corrected chi connectivity index (χ3v) is 6.81. The molecule has 9 nitrogen and oxygen atoms in total. The minimum Gasteiger partial charge on any atom is -0.493 e. The molecule has 0 saturated carbocycles. The van der Waals surface area contributed by atoms with Crippen LogP contribution in [0.3, 0.4) is 0 Å². The summed E-state index contributed by atoms with van der Waals surface area (Å²) in [5.74, 6) is 0.773. The zero-order valence-corrected chi connectivity index (χ0v) is 19.4. The van der Waals surface area contributed by atoms with Crippen molar-refractivity contribution in [2.45, 2.75) is 0 Å². The van der Waals surface area contributed by atoms with E-state index in [1.807, 2.05) is 30.3 Å². The fourth-order valence-electron chi connectivity index (χ4n) is 4.11. The Morgan fingerprint density at radius 1 is 1.09 bits per heavy atom. The van der Waals surface area contributed by atoms with Crippen molar-refractivity contribution in [3.05, 3.63) is 52.9 Å². The van der Waals surface area contributed by atoms with E-state index in [2.05, 4.69) is 4.90 Å². The standard InChI is InChI=1S/C24H23N3O6S/c1-31-18-11-16(12-19-22(18)33-15-32-19)13-20-23(29)27(24(30)34-20)14-21(28)26-9-7-25(8-10-26)17-5-3-2-4-6-17/h2-6,11-13H,7-10,14-15H2,1H3. The number of methoxy groups -OCH3 is 1. The number of rotatable bonds is 5. The number of benzene rings is 2. The van der Waals surface area contributed by atoms with Gasteiger partial charge in [-0.25, -0.2) is 0 Å². The van der Waals surface area contributed by atoms with Crippen molar-refractivity contribution >= 4 is 40.6 Å². The molecule has 176 valence electrons. The number of ether oxygens (including phenoxy) is 3. The van der Waals surface area contributed by atoms with Gasteiger partial charge in [0, 0.05) is 31.9 Å². The van der Waals surface area contributed by atoms with Gasteiger partial charge in [0.15, 0.2) is 11.5 Å². The van der Waals surface area contributed by atoms with Crippen LogP contribution in [0.4, 0.5) is 10.5 Å². The maximum Gasteiger partial charge on any atom is 0.294 e. The molecular weight excluding hydrogens is 458 g/mol. The monoisotopic (exact) mass is 481 g/mol. The second kappa shape index (κ2) is 9.30. The molecule has 2 fully saturated rings. The molecule has 34 heavy (non-hydrogen) atoms. The number of carbonyl (C=O) groups excluding carboxylic acids is 3. The number of hydrogen-bond acceptors (Lipinski definition) is 8. The van der Waals surface area contributed by atoms with Gasteiger partial charge in [0.25, 0.3) is 11.1 Å². The Labute approximate surface area is 200 Å². The molecule has 0 aromatic heterocycles. The van der Waals surface area contributed by atoms with Crippen LogP contribution < -0.4 is 19.1 Å². The van der Waals surface area contributed by atoms with Crippen LogP contribution in [0.25, 0.3) is 6.08 Å². The number of para-hydroxylation sites is 1. The fourth-order valence-corrected chi connectivity index (χ4v) is 4.95. The lowest BCUT2D eigenvalue weighted by Gasteiger charge is -2.36. The molecule has 2 aromatic rings. The van der Waals surface area contributed by atoms with Crippen LogP contribution in [0, 0.1) is 0 Å². The Bertz CT molecular complexity index is 1160. The number of piperazine rings is 1. The number of imide groups is 1. The minimum atomic E-state index is -0.483. The maximum atomic E-state index is 12.9. The number of hydrogen-bond donors (Lipinski definition) is 0. The van der Waals surface area contributed by atoms with Crippen LogP contribution in [0.1, 0.15) is 5.56 Å². The Hall–Kier alpha value is -3.66. The van der Waals surface area contributed by atoms with E-state index < -0.39 is 11.1 Å². The molecule has 10 heteroatoms. The third-order valence-electron chi connectivity index (χ3n) is 5.90. The molecule has 0 atom stereocenters. The fraction of sp³-hybridized carbons (Fsp3) is 0.292. The van der Waals surface area contributed by atoms with E-state index in [9.17, 15) is 14.4 Å². The summed E-state index contributed by atoms with van der Waals surface area (Å²) in [5.41, 5.74) is 1.75. The Morgan fingerprint density at radius 2 is 1.85 bits per heavy atom. The summed E-state index contributed by atoms with van der Waals surface area (Å²) in [4.78, 5) is 43.5. The molecule has 3 amide bonds. The van der Waals surface area contributed by atoms with Gasteiger partial charge in [-0.3, -0.25) is 19.3 Å². The molecule has 3 aliphatic rings. The zero-order chi connectivity index (χ0) is 23.7. The van der Waals surface area contributed by atoms with Crippen molar-refractivity contribution in [2.75, 3.05) is 51.5 Å². The molecule has 0 N–H and O–H groups in total. The summed E-state index contributed by atoms with van der Waals surface area (Å²) in [5, 5.41) is -0.458. The normalized spacial score (nSPS) is 18.7. The molecule has 0 unspecified atom stereocenters. The van der Waals surface area contributed by atoms with Crippen molar-refractivity contribution in [2.24, 2.45) is 0 Å². The van der Waals surface area contributed by atoms with Crippen LogP contribution in [0.15, 0.2) is 47.4 Å². The van der Waals surface area contributed by atoms with Gasteiger partial charge < -0.3 is 24.0 Å². The molecular formula is C24H23N3O6S. The summed E-state index contributed by atoms with van der Waals surface area (Å²) in [6, 6.07) is 13.5. The van der Waals surface area contributed by atoms with Gasteiger partial charge in [0.05, 0.1) is 12.0 Å². The van der Waals surface area contributed by atoms with Gasteiger partial charge in [-0.05, 0) is 47.7 Å². The lowest BCUT2D eigenvalue weighted by molar-refractivity contribution is -0.136. The third kappa shape index (κ3) is 4.28. The smallest absolute Gasteiger partial charge is 0.294 e. The van der Waals surface area contributed by atoms with Crippen molar-refractivity contribution in [1.82, 2.24) is 9.80 Å². The SMILES string of the molecule is COc1cc(C=C2SC(=O)N(CC(=O)N3CCN(c4ccccc4)CC3)C2=O)cc2c1OCO2. The molecule has 0 bridgehead atoms. The molecule has 2 aromatic carbocycles. The van der Waals surface area contributed by atoms with Crippen molar-refractivity contribution < 1.29 is 28.6 Å². The van der Waals surface area contributed by atoms with Gasteiger partial charge in [0.2, 0.25) is 18.4 Å². The summed E-state index contributed by atoms with van der Waals surface area (Å²) in [6.45, 7) is 2.30. The average Bonchev–Trinajstić information content (AvgIpc) is 3.44. The Kier molecular flexibility index (Phi) is 6.06. The first-order valence-corrected chi connectivity index (χ1v) is 11.7. The van der Waals surface area contributed by atoms with E-state index in [0.717, 1.165) is 22.3 Å². The van der Waals surface area contributed by atoms with Gasteiger partial charge in [-0.15, -0.1) is 0 Å². The predicted molar refractivity (Wildman–Crippen MR) is 127 cm³/mol. The lowest BCUT2D eigenvalue weighted by Crippen LogP contribution is -2.51. The number of nitrogens with zero attached hydrogens (tertiary/aromatic N) is 3. The average molecular weight is 482 g/mol. The summed E-state index contributed by atoms with van der Waals surface area (Å²) < 4.78 is 16.1. The van der Waals surface area contributed by atoms with E-state index in [1.54, 1.807) is 23.1 Å². The first-order chi connectivity index (χ1) is 16.5. The number of fused-ring (bicyclic) bond motifs is 1. The highest BCUT2D eigenvalue weighted by molar-refractivity contribution is 8.18. The summed E-state index contributed by atoms with van der Waals surface area (Å²) in [6.07, 6.45) is 1.60. The molecule has 2 saturated heterocycles. The van der Waals surface area contributed by atoms with Gasteiger partial charge in [0.1, 0.15) is 6.54 Å². The molecule has 0 aliphatic carbocycles. The number of anilines is 1.